The molecule has 0 bridgehead atoms. The molecule has 4 nitrogen and oxygen atoms in total. The van der Waals surface area contributed by atoms with Crippen LogP contribution in [-0.4, -0.2) is 44.8 Å². The number of hydrogen-bond acceptors (Lipinski definition) is 3. The lowest BCUT2D eigenvalue weighted by Gasteiger charge is -2.22. The first kappa shape index (κ1) is 12.8. The van der Waals surface area contributed by atoms with E-state index in [-0.39, 0.29) is 24.8 Å². The topological polar surface area (TPSA) is 63.4 Å². The van der Waals surface area contributed by atoms with Crippen LogP contribution in [0.25, 0.3) is 0 Å². The van der Waals surface area contributed by atoms with Crippen molar-refractivity contribution in [3.63, 3.8) is 0 Å². The molecule has 0 amide bonds. The van der Waals surface area contributed by atoms with Crippen LogP contribution in [0.4, 0.5) is 4.39 Å². The van der Waals surface area contributed by atoms with Gasteiger partial charge in [0.25, 0.3) is 0 Å². The lowest BCUT2D eigenvalue weighted by molar-refractivity contribution is 0.391. The Morgan fingerprint density at radius 1 is 1.54 bits per heavy atom. The van der Waals surface area contributed by atoms with Crippen LogP contribution >= 0.6 is 0 Å². The van der Waals surface area contributed by atoms with Crippen molar-refractivity contribution < 1.29 is 12.8 Å². The van der Waals surface area contributed by atoms with Crippen molar-refractivity contribution in [1.29, 1.82) is 0 Å². The summed E-state index contributed by atoms with van der Waals surface area (Å²) in [4.78, 5) is 0. The minimum atomic E-state index is -3.32. The van der Waals surface area contributed by atoms with Gasteiger partial charge in [0.1, 0.15) is 0 Å². The molecular formula is C7H17FN2O2S. The first-order valence-corrected chi connectivity index (χ1v) is 5.78. The Morgan fingerprint density at radius 3 is 2.46 bits per heavy atom. The van der Waals surface area contributed by atoms with Gasteiger partial charge >= 0.3 is 0 Å². The van der Waals surface area contributed by atoms with Gasteiger partial charge in [-0.3, -0.25) is 4.39 Å². The van der Waals surface area contributed by atoms with Crippen LogP contribution in [0.3, 0.4) is 0 Å². The Kier molecular flexibility index (Phi) is 5.43. The van der Waals surface area contributed by atoms with Gasteiger partial charge in [0.05, 0.1) is 12.4 Å². The third kappa shape index (κ3) is 4.02. The minimum Gasteiger partial charge on any atom is -0.329 e. The Bertz CT molecular complexity index is 231. The molecule has 0 spiro atoms. The van der Waals surface area contributed by atoms with E-state index in [0.717, 1.165) is 0 Å². The molecule has 0 saturated carbocycles. The van der Waals surface area contributed by atoms with E-state index < -0.39 is 16.7 Å². The summed E-state index contributed by atoms with van der Waals surface area (Å²) in [5.74, 6) is -0.148. The summed E-state index contributed by atoms with van der Waals surface area (Å²) in [5.41, 5.74) is 5.32. The third-order valence-electron chi connectivity index (χ3n) is 1.94. The fourth-order valence-corrected chi connectivity index (χ4v) is 2.20. The van der Waals surface area contributed by atoms with Crippen LogP contribution in [0.5, 0.6) is 0 Å². The van der Waals surface area contributed by atoms with Crippen molar-refractivity contribution in [2.24, 2.45) is 5.73 Å². The molecule has 0 aromatic rings. The highest BCUT2D eigenvalue weighted by Crippen LogP contribution is 2.04. The van der Waals surface area contributed by atoms with E-state index in [2.05, 4.69) is 0 Å². The molecule has 6 heteroatoms. The number of halogens is 1. The molecule has 0 rings (SSSR count). The molecule has 2 N–H and O–H groups in total. The maximum absolute atomic E-state index is 11.8. The summed E-state index contributed by atoms with van der Waals surface area (Å²) in [7, 11) is -1.86. The van der Waals surface area contributed by atoms with Crippen molar-refractivity contribution in [2.75, 3.05) is 26.0 Å². The highest BCUT2D eigenvalue weighted by Gasteiger charge is 2.21. The van der Waals surface area contributed by atoms with E-state index >= 15 is 0 Å². The number of likely N-dealkylation sites (N-methyl/N-ethyl adjacent to an activating group) is 1. The van der Waals surface area contributed by atoms with Gasteiger partial charge < -0.3 is 5.73 Å². The fourth-order valence-electron chi connectivity index (χ4n) is 0.804. The van der Waals surface area contributed by atoms with Crippen molar-refractivity contribution >= 4 is 10.0 Å². The van der Waals surface area contributed by atoms with Gasteiger partial charge in [0.15, 0.2) is 0 Å². The van der Waals surface area contributed by atoms with Crippen LogP contribution < -0.4 is 5.73 Å². The molecule has 0 aliphatic heterocycles. The lowest BCUT2D eigenvalue weighted by Crippen LogP contribution is -2.40. The van der Waals surface area contributed by atoms with Gasteiger partial charge in [-0.2, -0.15) is 0 Å². The van der Waals surface area contributed by atoms with Crippen molar-refractivity contribution in [3.8, 4) is 0 Å². The van der Waals surface area contributed by atoms with Crippen LogP contribution in [0, 0.1) is 0 Å². The summed E-state index contributed by atoms with van der Waals surface area (Å²) in [6.45, 7) is 1.38. The lowest BCUT2D eigenvalue weighted by atomic mass is 10.4. The second kappa shape index (κ2) is 5.51. The van der Waals surface area contributed by atoms with Gasteiger partial charge in [0.2, 0.25) is 10.0 Å². The van der Waals surface area contributed by atoms with Crippen molar-refractivity contribution in [2.45, 2.75) is 19.4 Å². The molecule has 0 radical (unpaired) electrons. The maximum atomic E-state index is 11.8. The van der Waals surface area contributed by atoms with Crippen molar-refractivity contribution in [1.82, 2.24) is 4.31 Å². The second-order valence-corrected chi connectivity index (χ2v) is 5.11. The van der Waals surface area contributed by atoms with Crippen molar-refractivity contribution in [3.05, 3.63) is 0 Å². The molecular weight excluding hydrogens is 195 g/mol. The SMILES string of the molecule is CC(CN)N(C)S(=O)(=O)CCCF. The first-order valence-electron chi connectivity index (χ1n) is 4.17. The number of hydrogen-bond donors (Lipinski definition) is 1. The average molecular weight is 212 g/mol. The molecule has 0 fully saturated rings. The summed E-state index contributed by atoms with van der Waals surface area (Å²) in [6, 6.07) is -0.232. The smallest absolute Gasteiger partial charge is 0.214 e. The summed E-state index contributed by atoms with van der Waals surface area (Å²) < 4.78 is 35.7. The second-order valence-electron chi connectivity index (χ2n) is 2.96. The molecule has 0 aliphatic rings. The van der Waals surface area contributed by atoms with E-state index in [0.29, 0.717) is 0 Å². The quantitative estimate of drug-likeness (QED) is 0.671. The predicted octanol–water partition coefficient (Wildman–Crippen LogP) is -0.0452. The van der Waals surface area contributed by atoms with E-state index in [1.165, 1.54) is 11.4 Å². The summed E-state index contributed by atoms with van der Waals surface area (Å²) in [6.07, 6.45) is 0.0456. The van der Waals surface area contributed by atoms with Gasteiger partial charge in [-0.1, -0.05) is 0 Å². The zero-order valence-corrected chi connectivity index (χ0v) is 8.85. The highest BCUT2D eigenvalue weighted by atomic mass is 32.2. The minimum absolute atomic E-state index is 0.0456. The normalized spacial score (nSPS) is 14.8. The zero-order chi connectivity index (χ0) is 10.5. The zero-order valence-electron chi connectivity index (χ0n) is 8.03. The predicted molar refractivity (Wildman–Crippen MR) is 50.7 cm³/mol. The Balaban J connectivity index is 4.28. The van der Waals surface area contributed by atoms with Gasteiger partial charge in [-0.05, 0) is 13.3 Å². The average Bonchev–Trinajstić information content (AvgIpc) is 2.12. The molecule has 13 heavy (non-hydrogen) atoms. The Labute approximate surface area is 79.0 Å². The third-order valence-corrected chi connectivity index (χ3v) is 3.98. The van der Waals surface area contributed by atoms with E-state index in [4.69, 9.17) is 5.73 Å². The largest absolute Gasteiger partial charge is 0.329 e. The van der Waals surface area contributed by atoms with Gasteiger partial charge in [-0.15, -0.1) is 0 Å². The maximum Gasteiger partial charge on any atom is 0.214 e. The summed E-state index contributed by atoms with van der Waals surface area (Å²) >= 11 is 0. The van der Waals surface area contributed by atoms with E-state index in [9.17, 15) is 12.8 Å². The van der Waals surface area contributed by atoms with Crippen LogP contribution in [0.2, 0.25) is 0 Å². The monoisotopic (exact) mass is 212 g/mol. The standard InChI is InChI=1S/C7H17FN2O2S/c1-7(6-9)10(2)13(11,12)5-3-4-8/h7H,3-6,9H2,1-2H3. The Morgan fingerprint density at radius 2 is 2.08 bits per heavy atom. The van der Waals surface area contributed by atoms with Crippen LogP contribution in [-0.2, 0) is 10.0 Å². The fraction of sp³-hybridized carbons (Fsp3) is 1.00. The molecule has 0 aromatic carbocycles. The molecule has 0 aliphatic carbocycles. The number of alkyl halides is 1. The van der Waals surface area contributed by atoms with Gasteiger partial charge in [-0.25, -0.2) is 12.7 Å². The number of nitrogens with two attached hydrogens (primary N) is 1. The Hall–Kier alpha value is -0.200. The molecule has 1 atom stereocenters. The molecule has 80 valence electrons. The number of nitrogens with zero attached hydrogens (tertiary/aromatic N) is 1. The van der Waals surface area contributed by atoms with Crippen LogP contribution in [0.15, 0.2) is 0 Å². The molecule has 0 aromatic heterocycles. The summed E-state index contributed by atoms with van der Waals surface area (Å²) in [5, 5.41) is 0. The first-order chi connectivity index (χ1) is 5.95. The molecule has 1 unspecified atom stereocenters. The van der Waals surface area contributed by atoms with E-state index in [1.807, 2.05) is 0 Å². The van der Waals surface area contributed by atoms with Gasteiger partial charge in [0, 0.05) is 19.6 Å². The number of sulfonamides is 1. The highest BCUT2D eigenvalue weighted by molar-refractivity contribution is 7.89. The number of rotatable bonds is 6. The molecule has 0 heterocycles. The van der Waals surface area contributed by atoms with E-state index in [1.54, 1.807) is 6.92 Å². The molecule has 0 saturated heterocycles. The van der Waals surface area contributed by atoms with Crippen LogP contribution in [0.1, 0.15) is 13.3 Å².